The number of nitrogens with zero attached hydrogens (tertiary/aromatic N) is 3. The van der Waals surface area contributed by atoms with Crippen molar-refractivity contribution in [2.24, 2.45) is 5.92 Å². The Morgan fingerprint density at radius 1 is 1.00 bits per heavy atom. The third-order valence-electron chi connectivity index (χ3n) is 6.07. The number of piperidine rings is 2. The molecule has 2 amide bonds. The zero-order valence-electron chi connectivity index (χ0n) is 15.2. The first kappa shape index (κ1) is 17.5. The molecule has 3 aliphatic rings. The second-order valence-electron chi connectivity index (χ2n) is 7.68. The van der Waals surface area contributed by atoms with Gasteiger partial charge in [-0.1, -0.05) is 0 Å². The van der Waals surface area contributed by atoms with Crippen LogP contribution in [0.3, 0.4) is 0 Å². The van der Waals surface area contributed by atoms with Crippen LogP contribution in [0.1, 0.15) is 50.3 Å². The van der Waals surface area contributed by atoms with E-state index in [1.54, 1.807) is 6.20 Å². The molecule has 0 aromatic carbocycles. The number of hydrogen-bond acceptors (Lipinski definition) is 4. The molecular weight excluding hydrogens is 332 g/mol. The molecule has 1 unspecified atom stereocenters. The molecule has 1 atom stereocenters. The van der Waals surface area contributed by atoms with Crippen LogP contribution >= 0.6 is 0 Å². The van der Waals surface area contributed by atoms with E-state index in [0.717, 1.165) is 57.4 Å². The number of ether oxygens (including phenoxy) is 1. The van der Waals surface area contributed by atoms with Gasteiger partial charge in [-0.25, -0.2) is 4.98 Å². The number of amides is 2. The summed E-state index contributed by atoms with van der Waals surface area (Å²) >= 11 is 0. The van der Waals surface area contributed by atoms with E-state index in [1.807, 2.05) is 16.0 Å². The fourth-order valence-corrected chi connectivity index (χ4v) is 4.46. The van der Waals surface area contributed by atoms with Crippen LogP contribution in [0.4, 0.5) is 0 Å². The predicted molar refractivity (Wildman–Crippen MR) is 95.4 cm³/mol. The van der Waals surface area contributed by atoms with Gasteiger partial charge >= 0.3 is 0 Å². The van der Waals surface area contributed by atoms with Crippen molar-refractivity contribution in [3.8, 4) is 0 Å². The van der Waals surface area contributed by atoms with Crippen LogP contribution in [0, 0.1) is 5.92 Å². The highest BCUT2D eigenvalue weighted by molar-refractivity contribution is 5.82. The maximum absolute atomic E-state index is 12.9. The average molecular weight is 360 g/mol. The SMILES string of the molecule is O=C(C1CCN(C(=O)C2CCCO2)CC1)N1CCC(c2ncc[nH]2)CC1. The van der Waals surface area contributed by atoms with E-state index in [9.17, 15) is 9.59 Å². The molecule has 0 saturated carbocycles. The van der Waals surface area contributed by atoms with E-state index in [2.05, 4.69) is 9.97 Å². The molecule has 1 N–H and O–H groups in total. The van der Waals surface area contributed by atoms with Crippen LogP contribution in [0.15, 0.2) is 12.4 Å². The standard InChI is InChI=1S/C19H28N4O3/c24-18(22-9-3-14(4-10-22)17-20-7-8-21-17)15-5-11-23(12-6-15)19(25)16-2-1-13-26-16/h7-8,14-16H,1-6,9-13H2,(H,20,21). The van der Waals surface area contributed by atoms with Crippen LogP contribution < -0.4 is 0 Å². The molecular formula is C19H28N4O3. The number of likely N-dealkylation sites (tertiary alicyclic amines) is 2. The van der Waals surface area contributed by atoms with E-state index in [4.69, 9.17) is 4.74 Å². The third-order valence-corrected chi connectivity index (χ3v) is 6.07. The first-order chi connectivity index (χ1) is 12.7. The summed E-state index contributed by atoms with van der Waals surface area (Å²) in [5.74, 6) is 1.92. The number of aromatic nitrogens is 2. The Morgan fingerprint density at radius 3 is 2.31 bits per heavy atom. The van der Waals surface area contributed by atoms with Crippen molar-refractivity contribution in [2.75, 3.05) is 32.8 Å². The lowest BCUT2D eigenvalue weighted by Crippen LogP contribution is -2.48. The number of aromatic amines is 1. The van der Waals surface area contributed by atoms with Gasteiger partial charge in [0.2, 0.25) is 5.91 Å². The summed E-state index contributed by atoms with van der Waals surface area (Å²) in [4.78, 5) is 36.7. The maximum atomic E-state index is 12.9. The molecule has 3 saturated heterocycles. The minimum Gasteiger partial charge on any atom is -0.368 e. The Balaban J connectivity index is 1.24. The van der Waals surface area contributed by atoms with Crippen molar-refractivity contribution < 1.29 is 14.3 Å². The van der Waals surface area contributed by atoms with Crippen LogP contribution in [0.25, 0.3) is 0 Å². The second-order valence-corrected chi connectivity index (χ2v) is 7.68. The van der Waals surface area contributed by atoms with Gasteiger partial charge in [0.05, 0.1) is 0 Å². The Labute approximate surface area is 154 Å². The summed E-state index contributed by atoms with van der Waals surface area (Å²) in [7, 11) is 0. The van der Waals surface area contributed by atoms with E-state index in [-0.39, 0.29) is 23.8 Å². The molecule has 142 valence electrons. The molecule has 3 aliphatic heterocycles. The number of H-pyrrole nitrogens is 1. The summed E-state index contributed by atoms with van der Waals surface area (Å²) in [5, 5.41) is 0. The molecule has 1 aromatic rings. The Hall–Kier alpha value is -1.89. The summed E-state index contributed by atoms with van der Waals surface area (Å²) in [6, 6.07) is 0. The highest BCUT2D eigenvalue weighted by atomic mass is 16.5. The number of carbonyl (C=O) groups excluding carboxylic acids is 2. The summed E-state index contributed by atoms with van der Waals surface area (Å²) in [6.07, 6.45) is 8.69. The van der Waals surface area contributed by atoms with E-state index in [1.165, 1.54) is 0 Å². The predicted octanol–water partition coefficient (Wildman–Crippen LogP) is 1.53. The van der Waals surface area contributed by atoms with Crippen molar-refractivity contribution in [1.82, 2.24) is 19.8 Å². The molecule has 0 spiro atoms. The number of imidazole rings is 1. The van der Waals surface area contributed by atoms with Gasteiger partial charge in [0, 0.05) is 57.0 Å². The monoisotopic (exact) mass is 360 g/mol. The summed E-state index contributed by atoms with van der Waals surface area (Å²) < 4.78 is 5.50. The fraction of sp³-hybridized carbons (Fsp3) is 0.737. The van der Waals surface area contributed by atoms with Crippen LogP contribution in [0.5, 0.6) is 0 Å². The molecule has 3 fully saturated rings. The highest BCUT2D eigenvalue weighted by Crippen LogP contribution is 2.28. The quantitative estimate of drug-likeness (QED) is 0.887. The second kappa shape index (κ2) is 7.78. The maximum Gasteiger partial charge on any atom is 0.251 e. The number of carbonyl (C=O) groups is 2. The van der Waals surface area contributed by atoms with Gasteiger partial charge in [0.25, 0.3) is 5.91 Å². The van der Waals surface area contributed by atoms with Gasteiger partial charge in [-0.2, -0.15) is 0 Å². The lowest BCUT2D eigenvalue weighted by molar-refractivity contribution is -0.146. The fourth-order valence-electron chi connectivity index (χ4n) is 4.46. The minimum atomic E-state index is -0.247. The molecule has 4 rings (SSSR count). The summed E-state index contributed by atoms with van der Waals surface area (Å²) in [6.45, 7) is 3.66. The minimum absolute atomic E-state index is 0.0590. The van der Waals surface area contributed by atoms with Gasteiger partial charge in [-0.3, -0.25) is 9.59 Å². The molecule has 0 aliphatic carbocycles. The zero-order chi connectivity index (χ0) is 17.9. The lowest BCUT2D eigenvalue weighted by Gasteiger charge is -2.37. The van der Waals surface area contributed by atoms with Crippen molar-refractivity contribution in [2.45, 2.75) is 50.5 Å². The molecule has 0 bridgehead atoms. The normalized spacial score (nSPS) is 25.6. The Bertz CT molecular complexity index is 611. The highest BCUT2D eigenvalue weighted by Gasteiger charge is 2.35. The van der Waals surface area contributed by atoms with Crippen molar-refractivity contribution in [3.05, 3.63) is 18.2 Å². The van der Waals surface area contributed by atoms with Crippen molar-refractivity contribution in [1.29, 1.82) is 0 Å². The molecule has 7 heteroatoms. The van der Waals surface area contributed by atoms with Gasteiger partial charge in [-0.05, 0) is 38.5 Å². The molecule has 7 nitrogen and oxygen atoms in total. The van der Waals surface area contributed by atoms with Crippen molar-refractivity contribution >= 4 is 11.8 Å². The van der Waals surface area contributed by atoms with Crippen molar-refractivity contribution in [3.63, 3.8) is 0 Å². The van der Waals surface area contributed by atoms with Crippen LogP contribution in [0.2, 0.25) is 0 Å². The molecule has 1 aromatic heterocycles. The average Bonchev–Trinajstić information content (AvgIpc) is 3.41. The largest absolute Gasteiger partial charge is 0.368 e. The smallest absolute Gasteiger partial charge is 0.251 e. The molecule has 4 heterocycles. The van der Waals surface area contributed by atoms with E-state index < -0.39 is 0 Å². The van der Waals surface area contributed by atoms with Gasteiger partial charge in [0.1, 0.15) is 11.9 Å². The van der Waals surface area contributed by atoms with Gasteiger partial charge in [0.15, 0.2) is 0 Å². The Kier molecular flexibility index (Phi) is 5.24. The summed E-state index contributed by atoms with van der Waals surface area (Å²) in [5.41, 5.74) is 0. The third kappa shape index (κ3) is 3.63. The molecule has 0 radical (unpaired) electrons. The number of nitrogens with one attached hydrogen (secondary N) is 1. The molecule has 26 heavy (non-hydrogen) atoms. The zero-order valence-corrected chi connectivity index (χ0v) is 15.2. The van der Waals surface area contributed by atoms with E-state index in [0.29, 0.717) is 25.6 Å². The number of rotatable bonds is 3. The van der Waals surface area contributed by atoms with E-state index >= 15 is 0 Å². The first-order valence-corrected chi connectivity index (χ1v) is 9.91. The van der Waals surface area contributed by atoms with Crippen LogP contribution in [-0.2, 0) is 14.3 Å². The van der Waals surface area contributed by atoms with Crippen LogP contribution in [-0.4, -0.2) is 70.5 Å². The Morgan fingerprint density at radius 2 is 1.69 bits per heavy atom. The van der Waals surface area contributed by atoms with Gasteiger partial charge < -0.3 is 19.5 Å². The topological polar surface area (TPSA) is 78.5 Å². The first-order valence-electron chi connectivity index (χ1n) is 9.91. The number of hydrogen-bond donors (Lipinski definition) is 1. The van der Waals surface area contributed by atoms with Gasteiger partial charge in [-0.15, -0.1) is 0 Å². The lowest BCUT2D eigenvalue weighted by atomic mass is 9.91.